The molecule has 0 aliphatic heterocycles. The lowest BCUT2D eigenvalue weighted by Gasteiger charge is -2.01. The van der Waals surface area contributed by atoms with E-state index < -0.39 is 0 Å². The van der Waals surface area contributed by atoms with Gasteiger partial charge in [-0.25, -0.2) is 4.68 Å². The lowest BCUT2D eigenvalue weighted by molar-refractivity contribution is 0.906. The second-order valence-electron chi connectivity index (χ2n) is 4.17. The fraction of sp³-hybridized carbons (Fsp3) is 0.231. The van der Waals surface area contributed by atoms with Crippen LogP contribution in [0.1, 0.15) is 11.4 Å². The number of aryl methyl sites for hydroxylation is 1. The number of halogens is 2. The molecule has 1 heterocycles. The largest absolute Gasteiger partial charge is 0.218 e. The number of hydrogen-bond donors (Lipinski definition) is 0. The highest BCUT2D eigenvalue weighted by Gasteiger charge is 2.14. The van der Waals surface area contributed by atoms with Crippen molar-refractivity contribution in [2.24, 2.45) is 10.2 Å². The van der Waals surface area contributed by atoms with Crippen molar-refractivity contribution in [2.45, 2.75) is 13.8 Å². The van der Waals surface area contributed by atoms with Gasteiger partial charge >= 0.3 is 0 Å². The van der Waals surface area contributed by atoms with Crippen molar-refractivity contribution in [3.05, 3.63) is 39.6 Å². The van der Waals surface area contributed by atoms with E-state index in [1.54, 1.807) is 22.9 Å². The van der Waals surface area contributed by atoms with Crippen molar-refractivity contribution in [1.82, 2.24) is 9.78 Å². The molecule has 110 valence electrons. The van der Waals surface area contributed by atoms with Crippen LogP contribution in [0.3, 0.4) is 0 Å². The summed E-state index contributed by atoms with van der Waals surface area (Å²) in [5, 5.41) is 13.6. The van der Waals surface area contributed by atoms with Gasteiger partial charge in [0, 0.05) is 0 Å². The first kappa shape index (κ1) is 16.4. The van der Waals surface area contributed by atoms with Crippen LogP contribution in [0.2, 0.25) is 10.0 Å². The van der Waals surface area contributed by atoms with Crippen molar-refractivity contribution in [3.8, 4) is 0 Å². The number of azo groups is 1. The molecule has 1 aromatic heterocycles. The summed E-state index contributed by atoms with van der Waals surface area (Å²) in [6.07, 6.45) is 1.91. The van der Waals surface area contributed by atoms with E-state index in [2.05, 4.69) is 15.3 Å². The van der Waals surface area contributed by atoms with E-state index in [0.29, 0.717) is 25.7 Å². The topological polar surface area (TPSA) is 42.5 Å². The number of benzene rings is 1. The number of aromatic nitrogens is 2. The predicted molar refractivity (Wildman–Crippen MR) is 93.9 cm³/mol. The molecule has 8 heteroatoms. The summed E-state index contributed by atoms with van der Waals surface area (Å²) in [6.45, 7) is 3.76. The first-order valence-electron chi connectivity index (χ1n) is 5.96. The number of hydrogen-bond acceptors (Lipinski definition) is 5. The smallest absolute Gasteiger partial charge is 0.161 e. The molecule has 0 unspecified atom stereocenters. The second kappa shape index (κ2) is 6.87. The Hall–Kier alpha value is -0.950. The zero-order chi connectivity index (χ0) is 15.6. The normalized spacial score (nSPS) is 11.3. The quantitative estimate of drug-likeness (QED) is 0.509. The van der Waals surface area contributed by atoms with Gasteiger partial charge < -0.3 is 0 Å². The van der Waals surface area contributed by atoms with Crippen LogP contribution in [0.25, 0.3) is 0 Å². The van der Waals surface area contributed by atoms with E-state index in [9.17, 15) is 0 Å². The molecule has 0 spiro atoms. The average Bonchev–Trinajstić information content (AvgIpc) is 2.75. The fourth-order valence-corrected chi connectivity index (χ4v) is 2.58. The highest BCUT2D eigenvalue weighted by Crippen LogP contribution is 2.34. The van der Waals surface area contributed by atoms with Gasteiger partial charge in [-0.1, -0.05) is 53.2 Å². The average molecular weight is 359 g/mol. The first-order valence-corrected chi connectivity index (χ1v) is 8.35. The van der Waals surface area contributed by atoms with Gasteiger partial charge in [-0.15, -0.1) is 10.2 Å². The SMILES string of the molecule is CSC(=S)n1nc(C)c(N=Nc2cccc(Cl)c2Cl)c1C. The number of nitrogens with zero attached hydrogens (tertiary/aromatic N) is 4. The molecule has 4 nitrogen and oxygen atoms in total. The molecule has 0 radical (unpaired) electrons. The molecule has 0 fully saturated rings. The third kappa shape index (κ3) is 3.45. The molecule has 2 aromatic rings. The summed E-state index contributed by atoms with van der Waals surface area (Å²) in [4.78, 5) is 0. The Bertz CT molecular complexity index is 725. The van der Waals surface area contributed by atoms with E-state index in [1.165, 1.54) is 11.8 Å². The van der Waals surface area contributed by atoms with Crippen molar-refractivity contribution in [1.29, 1.82) is 0 Å². The standard InChI is InChI=1S/C13H12Cl2N4S2/c1-7-12(8(2)19(18-7)13(20)21-3)17-16-10-6-4-5-9(14)11(10)15/h4-6H,1-3H3. The maximum atomic E-state index is 6.09. The highest BCUT2D eigenvalue weighted by atomic mass is 35.5. The van der Waals surface area contributed by atoms with Crippen LogP contribution in [-0.4, -0.2) is 20.4 Å². The monoisotopic (exact) mass is 358 g/mol. The molecule has 21 heavy (non-hydrogen) atoms. The minimum absolute atomic E-state index is 0.380. The van der Waals surface area contributed by atoms with Gasteiger partial charge in [0.1, 0.15) is 11.4 Å². The van der Waals surface area contributed by atoms with Gasteiger partial charge in [-0.05, 0) is 32.2 Å². The van der Waals surface area contributed by atoms with Gasteiger partial charge in [0.2, 0.25) is 0 Å². The Labute approximate surface area is 142 Å². The van der Waals surface area contributed by atoms with E-state index in [1.807, 2.05) is 20.1 Å². The van der Waals surface area contributed by atoms with Crippen LogP contribution in [0, 0.1) is 13.8 Å². The Morgan fingerprint density at radius 3 is 2.67 bits per heavy atom. The number of thiocarbonyl (C=S) groups is 1. The van der Waals surface area contributed by atoms with E-state index >= 15 is 0 Å². The van der Waals surface area contributed by atoms with Crippen LogP contribution < -0.4 is 0 Å². The first-order chi connectivity index (χ1) is 9.95. The lowest BCUT2D eigenvalue weighted by Crippen LogP contribution is -2.07. The van der Waals surface area contributed by atoms with Crippen LogP contribution in [-0.2, 0) is 0 Å². The minimum atomic E-state index is 0.380. The third-order valence-electron chi connectivity index (χ3n) is 2.79. The molecular formula is C13H12Cl2N4S2. The number of thioether (sulfide) groups is 1. The summed E-state index contributed by atoms with van der Waals surface area (Å²) in [6, 6.07) is 5.22. The molecular weight excluding hydrogens is 347 g/mol. The van der Waals surface area contributed by atoms with E-state index in [0.717, 1.165) is 11.4 Å². The van der Waals surface area contributed by atoms with Crippen LogP contribution in [0.5, 0.6) is 0 Å². The van der Waals surface area contributed by atoms with Crippen molar-refractivity contribution in [2.75, 3.05) is 6.26 Å². The van der Waals surface area contributed by atoms with Crippen molar-refractivity contribution >= 4 is 62.9 Å². The second-order valence-corrected chi connectivity index (χ2v) is 6.40. The zero-order valence-electron chi connectivity index (χ0n) is 11.6. The van der Waals surface area contributed by atoms with E-state index in [4.69, 9.17) is 35.4 Å². The molecule has 0 N–H and O–H groups in total. The minimum Gasteiger partial charge on any atom is -0.218 e. The Balaban J connectivity index is 2.40. The molecule has 0 bridgehead atoms. The molecule has 0 atom stereocenters. The van der Waals surface area contributed by atoms with Gasteiger partial charge in [0.25, 0.3) is 0 Å². The highest BCUT2D eigenvalue weighted by molar-refractivity contribution is 8.22. The van der Waals surface area contributed by atoms with Crippen LogP contribution in [0.4, 0.5) is 11.4 Å². The van der Waals surface area contributed by atoms with Gasteiger partial charge in [-0.2, -0.15) is 5.10 Å². The fourth-order valence-electron chi connectivity index (χ4n) is 1.72. The predicted octanol–water partition coefficient (Wildman–Crippen LogP) is 5.72. The van der Waals surface area contributed by atoms with Crippen molar-refractivity contribution < 1.29 is 0 Å². The lowest BCUT2D eigenvalue weighted by atomic mass is 10.3. The Morgan fingerprint density at radius 2 is 2.00 bits per heavy atom. The van der Waals surface area contributed by atoms with Gasteiger partial charge in [-0.3, -0.25) is 0 Å². The molecule has 0 amide bonds. The summed E-state index contributed by atoms with van der Waals surface area (Å²) in [5.41, 5.74) is 2.80. The van der Waals surface area contributed by atoms with Crippen LogP contribution >= 0.6 is 47.2 Å². The van der Waals surface area contributed by atoms with E-state index in [-0.39, 0.29) is 0 Å². The molecule has 0 aliphatic carbocycles. The molecule has 0 aliphatic rings. The summed E-state index contributed by atoms with van der Waals surface area (Å²) < 4.78 is 2.35. The third-order valence-corrected chi connectivity index (χ3v) is 4.79. The summed E-state index contributed by atoms with van der Waals surface area (Å²) >= 11 is 18.7. The maximum absolute atomic E-state index is 6.09. The Kier molecular flexibility index (Phi) is 5.37. The summed E-state index contributed by atoms with van der Waals surface area (Å²) in [7, 11) is 0. The van der Waals surface area contributed by atoms with Crippen molar-refractivity contribution in [3.63, 3.8) is 0 Å². The molecule has 1 aromatic carbocycles. The number of rotatable bonds is 2. The van der Waals surface area contributed by atoms with Gasteiger partial charge in [0.05, 0.1) is 21.4 Å². The molecule has 2 rings (SSSR count). The zero-order valence-corrected chi connectivity index (χ0v) is 14.7. The molecule has 0 saturated carbocycles. The summed E-state index contributed by atoms with van der Waals surface area (Å²) in [5.74, 6) is 0. The maximum Gasteiger partial charge on any atom is 0.161 e. The van der Waals surface area contributed by atoms with Gasteiger partial charge in [0.15, 0.2) is 4.32 Å². The molecule has 0 saturated heterocycles. The van der Waals surface area contributed by atoms with Crippen LogP contribution in [0.15, 0.2) is 28.4 Å². The Morgan fingerprint density at radius 1 is 1.29 bits per heavy atom.